The first-order chi connectivity index (χ1) is 15.8. The van der Waals surface area contributed by atoms with Crippen LogP contribution in [0.3, 0.4) is 0 Å². The average Bonchev–Trinajstić information content (AvgIpc) is 3.51. The van der Waals surface area contributed by atoms with Crippen molar-refractivity contribution in [2.75, 3.05) is 6.61 Å². The molecule has 0 heterocycles. The number of nitrogens with one attached hydrogen (secondary N) is 2. The molecule has 0 spiro atoms. The number of rotatable bonds is 9. The highest BCUT2D eigenvalue weighted by Gasteiger charge is 2.47. The zero-order valence-electron chi connectivity index (χ0n) is 19.0. The van der Waals surface area contributed by atoms with Crippen molar-refractivity contribution in [3.63, 3.8) is 0 Å². The van der Waals surface area contributed by atoms with E-state index in [9.17, 15) is 14.4 Å². The molecule has 0 aliphatic heterocycles. The van der Waals surface area contributed by atoms with Crippen LogP contribution in [0.4, 0.5) is 4.79 Å². The molecule has 3 N–H and O–H groups in total. The van der Waals surface area contributed by atoms with Crippen molar-refractivity contribution in [1.29, 1.82) is 0 Å². The van der Waals surface area contributed by atoms with Crippen LogP contribution in [0.15, 0.2) is 48.5 Å². The Bertz CT molecular complexity index is 1010. The molecule has 0 bridgehead atoms. The number of amides is 2. The van der Waals surface area contributed by atoms with Gasteiger partial charge in [-0.3, -0.25) is 9.59 Å². The monoisotopic (exact) mass is 450 g/mol. The number of hydrogen-bond donors (Lipinski definition) is 3. The molecule has 0 aromatic heterocycles. The zero-order chi connectivity index (χ0) is 23.6. The fourth-order valence-corrected chi connectivity index (χ4v) is 4.63. The third kappa shape index (κ3) is 4.87. The second-order valence-corrected chi connectivity index (χ2v) is 9.25. The Morgan fingerprint density at radius 3 is 2.12 bits per heavy atom. The van der Waals surface area contributed by atoms with Crippen molar-refractivity contribution in [2.45, 2.75) is 57.0 Å². The van der Waals surface area contributed by atoms with Crippen molar-refractivity contribution in [1.82, 2.24) is 10.6 Å². The van der Waals surface area contributed by atoms with Gasteiger partial charge in [-0.05, 0) is 47.4 Å². The van der Waals surface area contributed by atoms with Gasteiger partial charge < -0.3 is 20.5 Å². The molecule has 174 valence electrons. The van der Waals surface area contributed by atoms with Gasteiger partial charge in [0.25, 0.3) is 0 Å². The van der Waals surface area contributed by atoms with E-state index in [1.54, 1.807) is 0 Å². The summed E-state index contributed by atoms with van der Waals surface area (Å²) in [7, 11) is 0. The molecule has 2 aliphatic rings. The Labute approximate surface area is 193 Å². The minimum absolute atomic E-state index is 0.000459. The quantitative estimate of drug-likeness (QED) is 0.534. The predicted octanol–water partition coefficient (Wildman–Crippen LogP) is 4.06. The minimum atomic E-state index is -1.02. The Morgan fingerprint density at radius 2 is 1.61 bits per heavy atom. The van der Waals surface area contributed by atoms with E-state index >= 15 is 0 Å². The molecule has 2 aromatic rings. The minimum Gasteiger partial charge on any atom is -0.481 e. The van der Waals surface area contributed by atoms with Crippen molar-refractivity contribution in [3.05, 3.63) is 59.7 Å². The SMILES string of the molecule is CC(C)C1(NC(=O)C(CCC(=O)O)NC(=O)OCC2c3ccccc3-c3ccccc32)CC1. The van der Waals surface area contributed by atoms with E-state index < -0.39 is 18.1 Å². The summed E-state index contributed by atoms with van der Waals surface area (Å²) in [5.41, 5.74) is 4.19. The van der Waals surface area contributed by atoms with Crippen molar-refractivity contribution < 1.29 is 24.2 Å². The van der Waals surface area contributed by atoms with E-state index in [0.29, 0.717) is 0 Å². The molecule has 2 amide bonds. The highest BCUT2D eigenvalue weighted by atomic mass is 16.5. The first kappa shape index (κ1) is 22.8. The molecular weight excluding hydrogens is 420 g/mol. The van der Waals surface area contributed by atoms with Crippen LogP contribution in [0.1, 0.15) is 56.6 Å². The highest BCUT2D eigenvalue weighted by Crippen LogP contribution is 2.44. The lowest BCUT2D eigenvalue weighted by Crippen LogP contribution is -2.52. The smallest absolute Gasteiger partial charge is 0.407 e. The van der Waals surface area contributed by atoms with Crippen LogP contribution in [-0.2, 0) is 14.3 Å². The molecule has 1 fully saturated rings. The number of alkyl carbamates (subject to hydrolysis) is 1. The summed E-state index contributed by atoms with van der Waals surface area (Å²) < 4.78 is 5.54. The topological polar surface area (TPSA) is 105 Å². The normalized spacial score (nSPS) is 16.5. The van der Waals surface area contributed by atoms with Gasteiger partial charge >= 0.3 is 12.1 Å². The summed E-state index contributed by atoms with van der Waals surface area (Å²) in [5, 5.41) is 14.7. The Morgan fingerprint density at radius 1 is 1.03 bits per heavy atom. The van der Waals surface area contributed by atoms with Gasteiger partial charge in [0.2, 0.25) is 5.91 Å². The van der Waals surface area contributed by atoms with E-state index in [1.807, 2.05) is 50.2 Å². The first-order valence-corrected chi connectivity index (χ1v) is 11.5. The van der Waals surface area contributed by atoms with E-state index in [0.717, 1.165) is 35.1 Å². The van der Waals surface area contributed by atoms with Gasteiger partial charge in [0, 0.05) is 17.9 Å². The average molecular weight is 451 g/mol. The second-order valence-electron chi connectivity index (χ2n) is 9.25. The van der Waals surface area contributed by atoms with Crippen LogP contribution in [0.25, 0.3) is 11.1 Å². The van der Waals surface area contributed by atoms with Crippen LogP contribution in [0, 0.1) is 5.92 Å². The molecular formula is C26H30N2O5. The molecule has 2 aliphatic carbocycles. The standard InChI is InChI=1S/C26H30N2O5/c1-16(2)26(13-14-26)28-24(31)22(11-12-23(29)30)27-25(32)33-15-21-19-9-5-3-7-17(19)18-8-4-6-10-20(18)21/h3-10,16,21-22H,11-15H2,1-2H3,(H,27,32)(H,28,31)(H,29,30). The predicted molar refractivity (Wildman–Crippen MR) is 124 cm³/mol. The molecule has 2 aromatic carbocycles. The van der Waals surface area contributed by atoms with Gasteiger partial charge in [0.15, 0.2) is 0 Å². The maximum absolute atomic E-state index is 12.9. The van der Waals surface area contributed by atoms with Crippen molar-refractivity contribution in [2.24, 2.45) is 5.92 Å². The molecule has 33 heavy (non-hydrogen) atoms. The number of hydrogen-bond acceptors (Lipinski definition) is 4. The zero-order valence-corrected chi connectivity index (χ0v) is 19.0. The lowest BCUT2D eigenvalue weighted by molar-refractivity contribution is -0.137. The van der Waals surface area contributed by atoms with Crippen molar-refractivity contribution >= 4 is 18.0 Å². The summed E-state index contributed by atoms with van der Waals surface area (Å²) in [4.78, 5) is 36.6. The lowest BCUT2D eigenvalue weighted by atomic mass is 9.98. The molecule has 7 nitrogen and oxygen atoms in total. The van der Waals surface area contributed by atoms with Crippen LogP contribution < -0.4 is 10.6 Å². The van der Waals surface area contributed by atoms with Gasteiger partial charge in [0.1, 0.15) is 12.6 Å². The van der Waals surface area contributed by atoms with Gasteiger partial charge in [-0.2, -0.15) is 0 Å². The summed E-state index contributed by atoms with van der Waals surface area (Å²) in [6, 6.07) is 15.1. The maximum Gasteiger partial charge on any atom is 0.407 e. The number of carbonyl (C=O) groups is 3. The van der Waals surface area contributed by atoms with E-state index in [-0.39, 0.29) is 42.7 Å². The second kappa shape index (κ2) is 9.25. The van der Waals surface area contributed by atoms with E-state index in [2.05, 4.69) is 22.8 Å². The van der Waals surface area contributed by atoms with Gasteiger partial charge in [0.05, 0.1) is 0 Å². The number of fused-ring (bicyclic) bond motifs is 3. The van der Waals surface area contributed by atoms with Gasteiger partial charge in [-0.25, -0.2) is 4.79 Å². The highest BCUT2D eigenvalue weighted by molar-refractivity contribution is 5.87. The number of carbonyl (C=O) groups excluding carboxylic acids is 2. The fourth-order valence-electron chi connectivity index (χ4n) is 4.63. The first-order valence-electron chi connectivity index (χ1n) is 11.5. The Hall–Kier alpha value is -3.35. The van der Waals surface area contributed by atoms with Gasteiger partial charge in [-0.15, -0.1) is 0 Å². The number of ether oxygens (including phenoxy) is 1. The number of aliphatic carboxylic acids is 1. The van der Waals surface area contributed by atoms with Gasteiger partial charge in [-0.1, -0.05) is 62.4 Å². The molecule has 7 heteroatoms. The van der Waals surface area contributed by atoms with Crippen LogP contribution >= 0.6 is 0 Å². The van der Waals surface area contributed by atoms with E-state index in [1.165, 1.54) is 0 Å². The lowest BCUT2D eigenvalue weighted by Gasteiger charge is -2.25. The third-order valence-corrected chi connectivity index (χ3v) is 6.87. The fraction of sp³-hybridized carbons (Fsp3) is 0.423. The Balaban J connectivity index is 1.41. The molecule has 1 atom stereocenters. The molecule has 1 saturated carbocycles. The van der Waals surface area contributed by atoms with Crippen LogP contribution in [-0.4, -0.2) is 41.3 Å². The molecule has 4 rings (SSSR count). The van der Waals surface area contributed by atoms with E-state index in [4.69, 9.17) is 9.84 Å². The summed E-state index contributed by atoms with van der Waals surface area (Å²) in [6.07, 6.45) is 0.812. The summed E-state index contributed by atoms with van der Waals surface area (Å²) in [5.74, 6) is -1.22. The molecule has 0 radical (unpaired) electrons. The number of benzene rings is 2. The summed E-state index contributed by atoms with van der Waals surface area (Å²) >= 11 is 0. The molecule has 0 saturated heterocycles. The number of carboxylic acids is 1. The maximum atomic E-state index is 12.9. The summed E-state index contributed by atoms with van der Waals surface area (Å²) in [6.45, 7) is 4.21. The van der Waals surface area contributed by atoms with Crippen LogP contribution in [0.2, 0.25) is 0 Å². The largest absolute Gasteiger partial charge is 0.481 e. The molecule has 1 unspecified atom stereocenters. The number of carboxylic acid groups (broad SMARTS) is 1. The van der Waals surface area contributed by atoms with Crippen molar-refractivity contribution in [3.8, 4) is 11.1 Å². The Kier molecular flexibility index (Phi) is 6.40. The van der Waals surface area contributed by atoms with Crippen LogP contribution in [0.5, 0.6) is 0 Å². The third-order valence-electron chi connectivity index (χ3n) is 6.87.